The molecule has 0 N–H and O–H groups in total. The minimum atomic E-state index is -0.478. The highest BCUT2D eigenvalue weighted by atomic mass is 16.5. The van der Waals surface area contributed by atoms with E-state index in [-0.39, 0.29) is 0 Å². The van der Waals surface area contributed by atoms with E-state index in [9.17, 15) is 0 Å². The summed E-state index contributed by atoms with van der Waals surface area (Å²) in [5.41, 5.74) is 15.8. The van der Waals surface area contributed by atoms with Crippen molar-refractivity contribution < 1.29 is 9.15 Å². The van der Waals surface area contributed by atoms with Crippen molar-refractivity contribution >= 4 is 21.9 Å². The Bertz CT molecular complexity index is 2810. The Morgan fingerprint density at radius 2 is 0.843 bits per heavy atom. The summed E-state index contributed by atoms with van der Waals surface area (Å²) in [5, 5.41) is 2.27. The molecule has 1 aromatic heterocycles. The average Bonchev–Trinajstić information content (AvgIpc) is 3.72. The van der Waals surface area contributed by atoms with Gasteiger partial charge >= 0.3 is 0 Å². The van der Waals surface area contributed by atoms with Gasteiger partial charge in [0.05, 0.1) is 5.41 Å². The first-order valence-electron chi connectivity index (χ1n) is 17.5. The van der Waals surface area contributed by atoms with Crippen molar-refractivity contribution in [3.05, 3.63) is 204 Å². The molecule has 2 nitrogen and oxygen atoms in total. The van der Waals surface area contributed by atoms with Gasteiger partial charge < -0.3 is 9.15 Å². The van der Waals surface area contributed by atoms with Crippen LogP contribution < -0.4 is 4.74 Å². The lowest BCUT2D eigenvalue weighted by Gasteiger charge is -2.39. The third kappa shape index (κ3) is 3.87. The van der Waals surface area contributed by atoms with Gasteiger partial charge in [-0.3, -0.25) is 0 Å². The third-order valence-electron chi connectivity index (χ3n) is 11.0. The number of fused-ring (bicyclic) bond motifs is 12. The fraction of sp³-hybridized carbons (Fsp3) is 0.0204. The van der Waals surface area contributed by atoms with E-state index in [0.29, 0.717) is 0 Å². The summed E-state index contributed by atoms with van der Waals surface area (Å²) in [6.07, 6.45) is 0. The van der Waals surface area contributed by atoms with Gasteiger partial charge in [0.2, 0.25) is 0 Å². The third-order valence-corrected chi connectivity index (χ3v) is 11.0. The Morgan fingerprint density at radius 1 is 0.333 bits per heavy atom. The van der Waals surface area contributed by atoms with Crippen LogP contribution in [0, 0.1) is 0 Å². The highest BCUT2D eigenvalue weighted by Gasteiger charge is 2.50. The minimum Gasteiger partial charge on any atom is -0.457 e. The van der Waals surface area contributed by atoms with Gasteiger partial charge in [-0.05, 0) is 79.9 Å². The van der Waals surface area contributed by atoms with Crippen molar-refractivity contribution in [3.63, 3.8) is 0 Å². The summed E-state index contributed by atoms with van der Waals surface area (Å²) in [6, 6.07) is 65.3. The molecule has 0 bridgehead atoms. The molecule has 2 aliphatic rings. The molecular formula is C49H30O2. The lowest BCUT2D eigenvalue weighted by atomic mass is 9.66. The van der Waals surface area contributed by atoms with Gasteiger partial charge in [0.15, 0.2) is 0 Å². The molecular weight excluding hydrogens is 621 g/mol. The van der Waals surface area contributed by atoms with Crippen LogP contribution in [0.4, 0.5) is 0 Å². The van der Waals surface area contributed by atoms with Crippen molar-refractivity contribution in [2.45, 2.75) is 5.41 Å². The van der Waals surface area contributed by atoms with Gasteiger partial charge in [-0.25, -0.2) is 0 Å². The number of hydrogen-bond donors (Lipinski definition) is 0. The Hall–Kier alpha value is -6.64. The van der Waals surface area contributed by atoms with Crippen LogP contribution in [-0.2, 0) is 5.41 Å². The van der Waals surface area contributed by atoms with Gasteiger partial charge in [0.25, 0.3) is 0 Å². The van der Waals surface area contributed by atoms with E-state index in [1.54, 1.807) is 0 Å². The summed E-state index contributed by atoms with van der Waals surface area (Å²) in [7, 11) is 0. The summed E-state index contributed by atoms with van der Waals surface area (Å²) < 4.78 is 13.2. The molecule has 238 valence electrons. The monoisotopic (exact) mass is 650 g/mol. The zero-order chi connectivity index (χ0) is 33.5. The fourth-order valence-corrected chi connectivity index (χ4v) is 8.95. The van der Waals surface area contributed by atoms with Crippen molar-refractivity contribution in [1.82, 2.24) is 0 Å². The van der Waals surface area contributed by atoms with Gasteiger partial charge in [-0.15, -0.1) is 0 Å². The number of rotatable bonds is 3. The van der Waals surface area contributed by atoms with E-state index in [4.69, 9.17) is 9.15 Å². The lowest BCUT2D eigenvalue weighted by Crippen LogP contribution is -2.32. The maximum Gasteiger partial charge on any atom is 0.136 e. The van der Waals surface area contributed by atoms with Crippen molar-refractivity contribution in [2.75, 3.05) is 0 Å². The number of benzene rings is 8. The van der Waals surface area contributed by atoms with Crippen molar-refractivity contribution in [1.29, 1.82) is 0 Å². The number of furan rings is 1. The highest BCUT2D eigenvalue weighted by molar-refractivity contribution is 6.14. The van der Waals surface area contributed by atoms with Crippen LogP contribution >= 0.6 is 0 Å². The molecule has 0 radical (unpaired) electrons. The molecule has 0 saturated heterocycles. The van der Waals surface area contributed by atoms with E-state index in [2.05, 4.69) is 170 Å². The molecule has 8 aromatic carbocycles. The fourth-order valence-electron chi connectivity index (χ4n) is 8.95. The van der Waals surface area contributed by atoms with E-state index >= 15 is 0 Å². The predicted octanol–water partition coefficient (Wildman–Crippen LogP) is 13.1. The SMILES string of the molecule is c1ccc2c(c1)Oc1cc(-c3ccccc3-c3ccccc3-c3cccc4oc5ccccc5c34)ccc1C21c2ccccc2-c2ccccc21. The van der Waals surface area contributed by atoms with E-state index in [1.807, 2.05) is 12.1 Å². The standard InChI is InChI=1S/C49H30O2/c1-2-15-33(34-16-3-4-17-35(34)38-21-13-27-46-48(38)39-20-7-11-25-44(39)50-46)32(14-1)31-28-29-43-47(30-31)51-45-26-12-10-24-42(45)49(43)40-22-8-5-18-36(40)37-19-6-9-23-41(37)49/h1-30H. The van der Waals surface area contributed by atoms with E-state index < -0.39 is 5.41 Å². The van der Waals surface area contributed by atoms with Crippen LogP contribution in [0.15, 0.2) is 186 Å². The Morgan fingerprint density at radius 3 is 1.59 bits per heavy atom. The predicted molar refractivity (Wildman–Crippen MR) is 207 cm³/mol. The second-order valence-electron chi connectivity index (χ2n) is 13.5. The molecule has 51 heavy (non-hydrogen) atoms. The molecule has 11 rings (SSSR count). The molecule has 1 spiro atoms. The van der Waals surface area contributed by atoms with E-state index in [0.717, 1.165) is 50.1 Å². The van der Waals surface area contributed by atoms with Crippen molar-refractivity contribution in [2.24, 2.45) is 0 Å². The summed E-state index contributed by atoms with van der Waals surface area (Å²) in [4.78, 5) is 0. The topological polar surface area (TPSA) is 22.4 Å². The maximum absolute atomic E-state index is 6.86. The Kier molecular flexibility index (Phi) is 5.91. The normalized spacial score (nSPS) is 13.4. The lowest BCUT2D eigenvalue weighted by molar-refractivity contribution is 0.436. The van der Waals surface area contributed by atoms with E-state index in [1.165, 1.54) is 50.1 Å². The Balaban J connectivity index is 1.12. The summed E-state index contributed by atoms with van der Waals surface area (Å²) in [6.45, 7) is 0. The second kappa shape index (κ2) is 10.7. The van der Waals surface area contributed by atoms with Crippen LogP contribution in [0.2, 0.25) is 0 Å². The number of para-hydroxylation sites is 2. The molecule has 0 unspecified atom stereocenters. The van der Waals surface area contributed by atoms with Gasteiger partial charge in [0, 0.05) is 21.9 Å². The zero-order valence-corrected chi connectivity index (χ0v) is 27.6. The minimum absolute atomic E-state index is 0.478. The van der Waals surface area contributed by atoms with Crippen LogP contribution in [-0.4, -0.2) is 0 Å². The van der Waals surface area contributed by atoms with Crippen LogP contribution in [0.25, 0.3) is 66.4 Å². The molecule has 0 atom stereocenters. The van der Waals surface area contributed by atoms with Crippen LogP contribution in [0.1, 0.15) is 22.3 Å². The number of ether oxygens (including phenoxy) is 1. The van der Waals surface area contributed by atoms with Crippen LogP contribution in [0.5, 0.6) is 11.5 Å². The number of hydrogen-bond acceptors (Lipinski definition) is 2. The van der Waals surface area contributed by atoms with Gasteiger partial charge in [-0.1, -0.05) is 158 Å². The average molecular weight is 651 g/mol. The molecule has 2 heteroatoms. The van der Waals surface area contributed by atoms with Crippen LogP contribution in [0.3, 0.4) is 0 Å². The molecule has 1 aliphatic heterocycles. The first kappa shape index (κ1) is 28.2. The molecule has 1 aliphatic carbocycles. The summed E-state index contributed by atoms with van der Waals surface area (Å²) in [5.74, 6) is 1.78. The quantitative estimate of drug-likeness (QED) is 0.190. The van der Waals surface area contributed by atoms with Gasteiger partial charge in [0.1, 0.15) is 22.7 Å². The maximum atomic E-state index is 6.86. The smallest absolute Gasteiger partial charge is 0.136 e. The molecule has 0 saturated carbocycles. The van der Waals surface area contributed by atoms with Gasteiger partial charge in [-0.2, -0.15) is 0 Å². The first-order valence-corrected chi connectivity index (χ1v) is 17.5. The Labute approximate surface area is 295 Å². The highest BCUT2D eigenvalue weighted by Crippen LogP contribution is 2.62. The molecule has 2 heterocycles. The molecule has 0 amide bonds. The second-order valence-corrected chi connectivity index (χ2v) is 13.5. The largest absolute Gasteiger partial charge is 0.457 e. The zero-order valence-electron chi connectivity index (χ0n) is 27.6. The molecule has 9 aromatic rings. The summed E-state index contributed by atoms with van der Waals surface area (Å²) >= 11 is 0. The first-order chi connectivity index (χ1) is 25.3. The van der Waals surface area contributed by atoms with Crippen molar-refractivity contribution in [3.8, 4) is 56.0 Å². The molecule has 0 fully saturated rings.